The molecule has 1 heterocycles. The Bertz CT molecular complexity index is 1250. The molecule has 3 aromatic rings. The minimum Gasteiger partial charge on any atom is -0.311 e. The number of halogens is 1. The van der Waals surface area contributed by atoms with E-state index in [0.29, 0.717) is 28.6 Å². The molecule has 3 aromatic carbocycles. The molecule has 0 saturated heterocycles. The summed E-state index contributed by atoms with van der Waals surface area (Å²) in [6.45, 7) is 0. The van der Waals surface area contributed by atoms with Crippen LogP contribution in [0, 0.1) is 5.82 Å². The number of amides is 3. The Labute approximate surface area is 191 Å². The van der Waals surface area contributed by atoms with Crippen molar-refractivity contribution in [1.82, 2.24) is 5.32 Å². The number of nitrogens with one attached hydrogen (secondary N) is 2. The van der Waals surface area contributed by atoms with Crippen molar-refractivity contribution in [3.05, 3.63) is 95.3 Å². The first kappa shape index (κ1) is 20.9. The fraction of sp³-hybridized carbons (Fsp3) is 0.192. The molecule has 1 saturated carbocycles. The number of hydrogen-bond acceptors (Lipinski definition) is 3. The summed E-state index contributed by atoms with van der Waals surface area (Å²) in [4.78, 5) is 31.8. The first-order chi connectivity index (χ1) is 16.0. The molecule has 1 aliphatic carbocycles. The van der Waals surface area contributed by atoms with E-state index in [-0.39, 0.29) is 5.56 Å². The minimum atomic E-state index is -1.22. The SMILES string of the molecule is CN1C(=O)C(NC(=O)Nc2ccc(C3CC3)cc2)N=C(c2ccccc2F)c2ccccc21. The van der Waals surface area contributed by atoms with Crippen LogP contribution in [0.3, 0.4) is 0 Å². The summed E-state index contributed by atoms with van der Waals surface area (Å²) in [5.74, 6) is -0.255. The summed E-state index contributed by atoms with van der Waals surface area (Å²) < 4.78 is 14.7. The maximum atomic E-state index is 14.7. The molecule has 1 unspecified atom stereocenters. The van der Waals surface area contributed by atoms with E-state index in [1.165, 1.54) is 29.4 Å². The number of nitrogens with zero attached hydrogens (tertiary/aromatic N) is 2. The Balaban J connectivity index is 1.44. The smallest absolute Gasteiger partial charge is 0.311 e. The van der Waals surface area contributed by atoms with E-state index in [2.05, 4.69) is 15.6 Å². The second kappa shape index (κ2) is 8.50. The third kappa shape index (κ3) is 4.22. The summed E-state index contributed by atoms with van der Waals surface area (Å²) in [6.07, 6.45) is 1.19. The number of fused-ring (bicyclic) bond motifs is 1. The van der Waals surface area contributed by atoms with Crippen LogP contribution in [0.1, 0.15) is 35.4 Å². The Morgan fingerprint density at radius 2 is 1.64 bits per heavy atom. The predicted molar refractivity (Wildman–Crippen MR) is 126 cm³/mol. The van der Waals surface area contributed by atoms with Crippen LogP contribution in [0.2, 0.25) is 0 Å². The molecule has 0 spiro atoms. The maximum Gasteiger partial charge on any atom is 0.321 e. The number of carbonyl (C=O) groups is 2. The van der Waals surface area contributed by atoms with Gasteiger partial charge in [-0.2, -0.15) is 0 Å². The topological polar surface area (TPSA) is 73.8 Å². The van der Waals surface area contributed by atoms with Gasteiger partial charge in [0.05, 0.1) is 11.4 Å². The van der Waals surface area contributed by atoms with E-state index >= 15 is 0 Å². The second-order valence-corrected chi connectivity index (χ2v) is 8.27. The number of benzodiazepines with no additional fused rings is 1. The lowest BCUT2D eigenvalue weighted by Crippen LogP contribution is -2.47. The van der Waals surface area contributed by atoms with Crippen molar-refractivity contribution < 1.29 is 14.0 Å². The van der Waals surface area contributed by atoms with Gasteiger partial charge in [-0.3, -0.25) is 4.79 Å². The summed E-state index contributed by atoms with van der Waals surface area (Å²) >= 11 is 0. The number of rotatable bonds is 4. The molecule has 1 aliphatic heterocycles. The number of anilines is 2. The normalized spacial score (nSPS) is 17.6. The van der Waals surface area contributed by atoms with Crippen molar-refractivity contribution in [1.29, 1.82) is 0 Å². The first-order valence-electron chi connectivity index (χ1n) is 10.9. The van der Waals surface area contributed by atoms with Gasteiger partial charge in [0.2, 0.25) is 6.17 Å². The van der Waals surface area contributed by atoms with Gasteiger partial charge in [0.25, 0.3) is 5.91 Å². The lowest BCUT2D eigenvalue weighted by atomic mass is 10.00. The molecule has 2 N–H and O–H groups in total. The number of hydrogen-bond donors (Lipinski definition) is 2. The van der Waals surface area contributed by atoms with Gasteiger partial charge in [-0.25, -0.2) is 14.2 Å². The quantitative estimate of drug-likeness (QED) is 0.617. The number of urea groups is 1. The Morgan fingerprint density at radius 3 is 2.33 bits per heavy atom. The number of para-hydroxylation sites is 1. The van der Waals surface area contributed by atoms with Crippen LogP contribution in [0.25, 0.3) is 0 Å². The zero-order valence-corrected chi connectivity index (χ0v) is 18.1. The van der Waals surface area contributed by atoms with Crippen molar-refractivity contribution in [3.8, 4) is 0 Å². The average Bonchev–Trinajstić information content (AvgIpc) is 3.68. The Hall–Kier alpha value is -4.00. The van der Waals surface area contributed by atoms with E-state index < -0.39 is 23.9 Å². The van der Waals surface area contributed by atoms with Gasteiger partial charge < -0.3 is 15.5 Å². The monoisotopic (exact) mass is 442 g/mol. The molecule has 0 aromatic heterocycles. The number of likely N-dealkylation sites (N-methyl/N-ethyl adjacent to an activating group) is 1. The van der Waals surface area contributed by atoms with Crippen LogP contribution in [-0.4, -0.2) is 30.9 Å². The van der Waals surface area contributed by atoms with Crippen LogP contribution >= 0.6 is 0 Å². The molecule has 0 bridgehead atoms. The molecule has 1 fully saturated rings. The number of aliphatic imine (C=N–C) groups is 1. The van der Waals surface area contributed by atoms with E-state index in [9.17, 15) is 14.0 Å². The van der Waals surface area contributed by atoms with E-state index in [0.717, 1.165) is 0 Å². The van der Waals surface area contributed by atoms with E-state index in [1.54, 1.807) is 49.5 Å². The largest absolute Gasteiger partial charge is 0.321 e. The van der Waals surface area contributed by atoms with Gasteiger partial charge in [0.15, 0.2) is 0 Å². The highest BCUT2D eigenvalue weighted by Gasteiger charge is 2.31. The summed E-state index contributed by atoms with van der Waals surface area (Å²) in [5.41, 5.74) is 3.64. The summed E-state index contributed by atoms with van der Waals surface area (Å²) in [5, 5.41) is 5.39. The van der Waals surface area contributed by atoms with Gasteiger partial charge >= 0.3 is 6.03 Å². The van der Waals surface area contributed by atoms with Crippen LogP contribution in [0.4, 0.5) is 20.6 Å². The fourth-order valence-corrected chi connectivity index (χ4v) is 4.03. The molecule has 7 heteroatoms. The molecule has 6 nitrogen and oxygen atoms in total. The lowest BCUT2D eigenvalue weighted by molar-refractivity contribution is -0.119. The summed E-state index contributed by atoms with van der Waals surface area (Å²) in [6, 6.07) is 20.5. The molecule has 5 rings (SSSR count). The van der Waals surface area contributed by atoms with Crippen molar-refractivity contribution in [3.63, 3.8) is 0 Å². The highest BCUT2D eigenvalue weighted by molar-refractivity contribution is 6.20. The number of carbonyl (C=O) groups excluding carboxylic acids is 2. The lowest BCUT2D eigenvalue weighted by Gasteiger charge is -2.21. The Morgan fingerprint density at radius 1 is 0.970 bits per heavy atom. The molecular weight excluding hydrogens is 419 g/mol. The van der Waals surface area contributed by atoms with Crippen molar-refractivity contribution >= 4 is 29.0 Å². The molecule has 166 valence electrons. The molecule has 2 aliphatic rings. The number of benzene rings is 3. The van der Waals surface area contributed by atoms with E-state index in [1.807, 2.05) is 24.3 Å². The first-order valence-corrected chi connectivity index (χ1v) is 10.9. The van der Waals surface area contributed by atoms with Crippen LogP contribution in [0.5, 0.6) is 0 Å². The maximum absolute atomic E-state index is 14.7. The van der Waals surface area contributed by atoms with Crippen LogP contribution in [0.15, 0.2) is 77.8 Å². The third-order valence-corrected chi connectivity index (χ3v) is 5.96. The predicted octanol–water partition coefficient (Wildman–Crippen LogP) is 4.66. The standard InChI is InChI=1S/C26H23FN4O2/c1-31-22-9-5-3-7-20(22)23(19-6-2-4-8-21(19)27)29-24(25(31)32)30-26(33)28-18-14-12-17(13-15-18)16-10-11-16/h2-9,12-16,24H,10-11H2,1H3,(H2,28,30,33). The van der Waals surface area contributed by atoms with Crippen molar-refractivity contribution in [2.24, 2.45) is 4.99 Å². The van der Waals surface area contributed by atoms with Gasteiger partial charge in [0.1, 0.15) is 5.82 Å². The second-order valence-electron chi connectivity index (χ2n) is 8.27. The zero-order chi connectivity index (χ0) is 22.9. The Kier molecular flexibility index (Phi) is 5.38. The third-order valence-electron chi connectivity index (χ3n) is 5.96. The highest BCUT2D eigenvalue weighted by atomic mass is 19.1. The van der Waals surface area contributed by atoms with Gasteiger partial charge in [0, 0.05) is 23.9 Å². The molecule has 33 heavy (non-hydrogen) atoms. The highest BCUT2D eigenvalue weighted by Crippen LogP contribution is 2.40. The van der Waals surface area contributed by atoms with Crippen molar-refractivity contribution in [2.75, 3.05) is 17.3 Å². The molecule has 1 atom stereocenters. The van der Waals surface area contributed by atoms with Crippen LogP contribution in [-0.2, 0) is 4.79 Å². The average molecular weight is 442 g/mol. The minimum absolute atomic E-state index is 0.260. The van der Waals surface area contributed by atoms with Gasteiger partial charge in [-0.1, -0.05) is 42.5 Å². The summed E-state index contributed by atoms with van der Waals surface area (Å²) in [7, 11) is 1.62. The van der Waals surface area contributed by atoms with E-state index in [4.69, 9.17) is 0 Å². The van der Waals surface area contributed by atoms with Crippen LogP contribution < -0.4 is 15.5 Å². The molecular formula is C26H23FN4O2. The van der Waals surface area contributed by atoms with Gasteiger partial charge in [-0.15, -0.1) is 0 Å². The van der Waals surface area contributed by atoms with Gasteiger partial charge in [-0.05, 0) is 54.7 Å². The van der Waals surface area contributed by atoms with Crippen molar-refractivity contribution in [2.45, 2.75) is 24.9 Å². The zero-order valence-electron chi connectivity index (χ0n) is 18.1. The molecule has 3 amide bonds. The molecule has 0 radical (unpaired) electrons. The fourth-order valence-electron chi connectivity index (χ4n) is 4.03.